The van der Waals surface area contributed by atoms with Gasteiger partial charge in [0.2, 0.25) is 11.8 Å². The SMILES string of the molecule is C/C=C\[C@@H]1C[C@H](C(=O)O)N2C(=O)C[C@H](O)[C@H](NC(C)=O)[C@@H]12. The van der Waals surface area contributed by atoms with Crippen LogP contribution in [0.15, 0.2) is 12.2 Å². The predicted molar refractivity (Wildman–Crippen MR) is 73.2 cm³/mol. The fourth-order valence-corrected chi connectivity index (χ4v) is 3.42. The Labute approximate surface area is 122 Å². The van der Waals surface area contributed by atoms with E-state index in [4.69, 9.17) is 0 Å². The second kappa shape index (κ2) is 5.85. The zero-order chi connectivity index (χ0) is 15.7. The number of hydrogen-bond acceptors (Lipinski definition) is 4. The van der Waals surface area contributed by atoms with Crippen LogP contribution in [0.4, 0.5) is 0 Å². The van der Waals surface area contributed by atoms with E-state index in [1.54, 1.807) is 6.08 Å². The molecule has 0 aromatic heterocycles. The number of hydrogen-bond donors (Lipinski definition) is 3. The highest BCUT2D eigenvalue weighted by Crippen LogP contribution is 2.38. The third-order valence-electron chi connectivity index (χ3n) is 4.14. The monoisotopic (exact) mass is 296 g/mol. The van der Waals surface area contributed by atoms with Crippen LogP contribution in [-0.2, 0) is 14.4 Å². The number of aliphatic hydroxyl groups is 1. The fourth-order valence-electron chi connectivity index (χ4n) is 3.42. The molecule has 0 bridgehead atoms. The summed E-state index contributed by atoms with van der Waals surface area (Å²) in [4.78, 5) is 36.2. The number of carboxylic acid groups (broad SMARTS) is 1. The van der Waals surface area contributed by atoms with Gasteiger partial charge in [0.05, 0.1) is 24.6 Å². The van der Waals surface area contributed by atoms with Crippen molar-refractivity contribution >= 4 is 17.8 Å². The summed E-state index contributed by atoms with van der Waals surface area (Å²) >= 11 is 0. The number of nitrogens with zero attached hydrogens (tertiary/aromatic N) is 1. The Morgan fingerprint density at radius 3 is 2.62 bits per heavy atom. The number of aliphatic hydroxyl groups excluding tert-OH is 1. The van der Waals surface area contributed by atoms with Gasteiger partial charge < -0.3 is 20.4 Å². The highest BCUT2D eigenvalue weighted by molar-refractivity contribution is 5.86. The number of piperidine rings is 1. The maximum atomic E-state index is 12.1. The highest BCUT2D eigenvalue weighted by atomic mass is 16.4. The molecule has 7 heteroatoms. The van der Waals surface area contributed by atoms with Gasteiger partial charge in [0, 0.05) is 12.8 Å². The Morgan fingerprint density at radius 1 is 1.43 bits per heavy atom. The third kappa shape index (κ3) is 2.78. The van der Waals surface area contributed by atoms with Gasteiger partial charge in [-0.05, 0) is 13.3 Å². The molecule has 0 aromatic carbocycles. The van der Waals surface area contributed by atoms with Crippen molar-refractivity contribution < 1.29 is 24.6 Å². The van der Waals surface area contributed by atoms with E-state index in [2.05, 4.69) is 5.32 Å². The molecule has 2 heterocycles. The first-order valence-corrected chi connectivity index (χ1v) is 6.98. The molecule has 2 rings (SSSR count). The van der Waals surface area contributed by atoms with Gasteiger partial charge >= 0.3 is 5.97 Å². The number of carboxylic acids is 1. The van der Waals surface area contributed by atoms with Crippen LogP contribution in [0.5, 0.6) is 0 Å². The molecular weight excluding hydrogens is 276 g/mol. The summed E-state index contributed by atoms with van der Waals surface area (Å²) in [6.07, 6.45) is 2.75. The van der Waals surface area contributed by atoms with Crippen LogP contribution in [0.3, 0.4) is 0 Å². The minimum Gasteiger partial charge on any atom is -0.480 e. The van der Waals surface area contributed by atoms with Gasteiger partial charge in [0.25, 0.3) is 0 Å². The minimum atomic E-state index is -1.06. The van der Waals surface area contributed by atoms with Gasteiger partial charge in [-0.25, -0.2) is 4.79 Å². The van der Waals surface area contributed by atoms with Crippen molar-refractivity contribution in [3.63, 3.8) is 0 Å². The lowest BCUT2D eigenvalue weighted by atomic mass is 9.86. The van der Waals surface area contributed by atoms with Crippen LogP contribution in [0.2, 0.25) is 0 Å². The van der Waals surface area contributed by atoms with E-state index in [0.717, 1.165) is 0 Å². The van der Waals surface area contributed by atoms with Crippen molar-refractivity contribution in [1.29, 1.82) is 0 Å². The van der Waals surface area contributed by atoms with Gasteiger partial charge in [-0.1, -0.05) is 12.2 Å². The van der Waals surface area contributed by atoms with Gasteiger partial charge in [-0.3, -0.25) is 9.59 Å². The maximum Gasteiger partial charge on any atom is 0.326 e. The van der Waals surface area contributed by atoms with Gasteiger partial charge in [-0.15, -0.1) is 0 Å². The first kappa shape index (κ1) is 15.5. The molecule has 0 radical (unpaired) electrons. The molecule has 2 aliphatic heterocycles. The first-order chi connectivity index (χ1) is 9.86. The molecule has 0 saturated carbocycles. The van der Waals surface area contributed by atoms with Gasteiger partial charge in [0.1, 0.15) is 6.04 Å². The van der Waals surface area contributed by atoms with Crippen molar-refractivity contribution in [2.75, 3.05) is 0 Å². The number of carbonyl (C=O) groups excluding carboxylic acids is 2. The standard InChI is InChI=1S/C14H20N2O5/c1-3-4-8-5-9(14(20)21)16-11(19)6-10(18)12(13(8)16)15-7(2)17/h3-4,8-10,12-13,18H,5-6H2,1-2H3,(H,15,17)(H,20,21)/b4-3-/t8-,9-,10+,12+,13-/m1/s1. The van der Waals surface area contributed by atoms with Crippen LogP contribution in [0, 0.1) is 5.92 Å². The van der Waals surface area contributed by atoms with E-state index in [-0.39, 0.29) is 24.2 Å². The van der Waals surface area contributed by atoms with Crippen LogP contribution in [0.1, 0.15) is 26.7 Å². The van der Waals surface area contributed by atoms with Crippen molar-refractivity contribution in [2.24, 2.45) is 5.92 Å². The third-order valence-corrected chi connectivity index (χ3v) is 4.14. The topological polar surface area (TPSA) is 107 Å². The second-order valence-corrected chi connectivity index (χ2v) is 5.57. The molecule has 0 aromatic rings. The predicted octanol–water partition coefficient (Wildman–Crippen LogP) is -0.498. The number of rotatable bonds is 3. The van der Waals surface area contributed by atoms with E-state index in [1.165, 1.54) is 11.8 Å². The molecule has 0 aliphatic carbocycles. The second-order valence-electron chi connectivity index (χ2n) is 5.57. The van der Waals surface area contributed by atoms with Crippen molar-refractivity contribution in [3.8, 4) is 0 Å². The highest BCUT2D eigenvalue weighted by Gasteiger charge is 2.54. The Balaban J connectivity index is 2.39. The summed E-state index contributed by atoms with van der Waals surface area (Å²) in [5.74, 6) is -1.95. The van der Waals surface area contributed by atoms with Crippen LogP contribution >= 0.6 is 0 Å². The summed E-state index contributed by atoms with van der Waals surface area (Å²) in [6.45, 7) is 3.15. The lowest BCUT2D eigenvalue weighted by Crippen LogP contribution is -2.64. The molecule has 2 aliphatic rings. The summed E-state index contributed by atoms with van der Waals surface area (Å²) in [6, 6.07) is -2.08. The van der Waals surface area contributed by atoms with E-state index in [1.807, 2.05) is 13.0 Å². The van der Waals surface area contributed by atoms with E-state index in [9.17, 15) is 24.6 Å². The molecular formula is C14H20N2O5. The maximum absolute atomic E-state index is 12.1. The average molecular weight is 296 g/mol. The Bertz CT molecular complexity index is 490. The molecule has 21 heavy (non-hydrogen) atoms. The number of aliphatic carboxylic acids is 1. The molecule has 3 N–H and O–H groups in total. The average Bonchev–Trinajstić information content (AvgIpc) is 2.75. The smallest absolute Gasteiger partial charge is 0.326 e. The quantitative estimate of drug-likeness (QED) is 0.609. The number of fused-ring (bicyclic) bond motifs is 1. The molecule has 2 amide bonds. The molecule has 2 fully saturated rings. The zero-order valence-electron chi connectivity index (χ0n) is 12.0. The fraction of sp³-hybridized carbons (Fsp3) is 0.643. The van der Waals surface area contributed by atoms with E-state index in [0.29, 0.717) is 6.42 Å². The Hall–Kier alpha value is -1.89. The van der Waals surface area contributed by atoms with E-state index >= 15 is 0 Å². The van der Waals surface area contributed by atoms with Gasteiger partial charge in [0.15, 0.2) is 0 Å². The number of carbonyl (C=O) groups is 3. The van der Waals surface area contributed by atoms with Crippen LogP contribution in [-0.4, -0.2) is 57.1 Å². The first-order valence-electron chi connectivity index (χ1n) is 6.98. The zero-order valence-corrected chi connectivity index (χ0v) is 12.0. The van der Waals surface area contributed by atoms with E-state index < -0.39 is 30.2 Å². The molecule has 116 valence electrons. The summed E-state index contributed by atoms with van der Waals surface area (Å²) in [7, 11) is 0. The molecule has 2 saturated heterocycles. The van der Waals surface area contributed by atoms with Crippen LogP contribution in [0.25, 0.3) is 0 Å². The largest absolute Gasteiger partial charge is 0.480 e. The molecule has 0 spiro atoms. The number of amides is 2. The molecule has 5 atom stereocenters. The lowest BCUT2D eigenvalue weighted by Gasteiger charge is -2.42. The summed E-state index contributed by atoms with van der Waals surface area (Å²) < 4.78 is 0. The normalized spacial score (nSPS) is 35.9. The van der Waals surface area contributed by atoms with Crippen LogP contribution < -0.4 is 5.32 Å². The summed E-state index contributed by atoms with van der Waals surface area (Å²) in [5.41, 5.74) is 0. The van der Waals surface area contributed by atoms with Crippen molar-refractivity contribution in [2.45, 2.75) is 50.9 Å². The summed E-state index contributed by atoms with van der Waals surface area (Å²) in [5, 5.41) is 22.1. The Kier molecular flexibility index (Phi) is 4.32. The number of allylic oxidation sites excluding steroid dienone is 1. The lowest BCUT2D eigenvalue weighted by molar-refractivity contribution is -0.155. The molecule has 0 unspecified atom stereocenters. The minimum absolute atomic E-state index is 0.173. The van der Waals surface area contributed by atoms with Crippen molar-refractivity contribution in [1.82, 2.24) is 10.2 Å². The van der Waals surface area contributed by atoms with Crippen molar-refractivity contribution in [3.05, 3.63) is 12.2 Å². The molecule has 7 nitrogen and oxygen atoms in total. The number of nitrogens with one attached hydrogen (secondary N) is 1. The van der Waals surface area contributed by atoms with Gasteiger partial charge in [-0.2, -0.15) is 0 Å². The Morgan fingerprint density at radius 2 is 2.10 bits per heavy atom.